The average Bonchev–Trinajstić information content (AvgIpc) is 2.67. The molecule has 0 aliphatic carbocycles. The maximum atomic E-state index is 6.03. The van der Waals surface area contributed by atoms with Crippen molar-refractivity contribution in [3.05, 3.63) is 12.2 Å². The van der Waals surface area contributed by atoms with Crippen molar-refractivity contribution in [2.45, 2.75) is 57.9 Å². The molecular weight excluding hydrogens is 204 g/mol. The van der Waals surface area contributed by atoms with Gasteiger partial charge in [0.25, 0.3) is 0 Å². The van der Waals surface area contributed by atoms with Crippen molar-refractivity contribution in [1.82, 2.24) is 14.8 Å². The van der Waals surface area contributed by atoms with Gasteiger partial charge in [-0.05, 0) is 27.7 Å². The van der Waals surface area contributed by atoms with Crippen molar-refractivity contribution < 1.29 is 4.74 Å². The Kier molecular flexibility index (Phi) is 2.55. The number of aromatic nitrogens is 3. The van der Waals surface area contributed by atoms with E-state index in [1.54, 1.807) is 6.33 Å². The lowest BCUT2D eigenvalue weighted by atomic mass is 9.95. The molecule has 0 bridgehead atoms. The van der Waals surface area contributed by atoms with E-state index in [-0.39, 0.29) is 17.2 Å². The quantitative estimate of drug-likeness (QED) is 0.821. The van der Waals surface area contributed by atoms with Crippen LogP contribution in [0, 0.1) is 0 Å². The molecule has 1 aliphatic heterocycles. The van der Waals surface area contributed by atoms with Crippen LogP contribution in [0.2, 0.25) is 0 Å². The van der Waals surface area contributed by atoms with Gasteiger partial charge < -0.3 is 10.5 Å². The number of nitrogens with two attached hydrogens (primary N) is 1. The predicted molar refractivity (Wildman–Crippen MR) is 60.8 cm³/mol. The second-order valence-electron chi connectivity index (χ2n) is 5.53. The molecule has 0 saturated carbocycles. The highest BCUT2D eigenvalue weighted by Gasteiger charge is 2.47. The van der Waals surface area contributed by atoms with E-state index in [2.05, 4.69) is 37.8 Å². The number of rotatable bonds is 2. The van der Waals surface area contributed by atoms with Crippen molar-refractivity contribution in [3.63, 3.8) is 0 Å². The molecule has 5 heteroatoms. The third-order valence-corrected chi connectivity index (χ3v) is 3.08. The number of hydrogen-bond donors (Lipinski definition) is 1. The normalized spacial score (nSPS) is 27.2. The molecule has 2 rings (SSSR count). The van der Waals surface area contributed by atoms with Gasteiger partial charge in [-0.15, -0.1) is 0 Å². The van der Waals surface area contributed by atoms with Crippen LogP contribution in [0.1, 0.15) is 46.0 Å². The van der Waals surface area contributed by atoms with Gasteiger partial charge in [0.1, 0.15) is 6.33 Å². The molecule has 0 spiro atoms. The number of hydrogen-bond acceptors (Lipinski definition) is 4. The Morgan fingerprint density at radius 1 is 1.50 bits per heavy atom. The molecule has 2 heterocycles. The first-order valence-corrected chi connectivity index (χ1v) is 5.64. The van der Waals surface area contributed by atoms with Crippen LogP contribution in [0.3, 0.4) is 0 Å². The topological polar surface area (TPSA) is 66.0 Å². The minimum atomic E-state index is -0.219. The fourth-order valence-corrected chi connectivity index (χ4v) is 2.50. The van der Waals surface area contributed by atoms with Crippen molar-refractivity contribution in [1.29, 1.82) is 0 Å². The molecular formula is C11H20N4O. The zero-order valence-corrected chi connectivity index (χ0v) is 10.4. The average molecular weight is 224 g/mol. The Bertz CT molecular complexity index is 383. The summed E-state index contributed by atoms with van der Waals surface area (Å²) in [5.41, 5.74) is 5.19. The third-order valence-electron chi connectivity index (χ3n) is 3.08. The third kappa shape index (κ3) is 1.97. The maximum Gasteiger partial charge on any atom is 0.164 e. The lowest BCUT2D eigenvalue weighted by molar-refractivity contribution is -0.0737. The molecule has 0 aromatic carbocycles. The monoisotopic (exact) mass is 224 g/mol. The molecule has 1 aromatic rings. The second kappa shape index (κ2) is 3.53. The molecule has 90 valence electrons. The highest BCUT2D eigenvalue weighted by Crippen LogP contribution is 2.44. The van der Waals surface area contributed by atoms with Crippen LogP contribution in [-0.4, -0.2) is 26.0 Å². The van der Waals surface area contributed by atoms with Crippen LogP contribution >= 0.6 is 0 Å². The fraction of sp³-hybridized carbons (Fsp3) is 0.818. The van der Waals surface area contributed by atoms with E-state index in [0.29, 0.717) is 12.4 Å². The summed E-state index contributed by atoms with van der Waals surface area (Å²) in [6, 6.07) is 0.218. The van der Waals surface area contributed by atoms with Crippen LogP contribution in [0.4, 0.5) is 0 Å². The Labute approximate surface area is 96.0 Å². The van der Waals surface area contributed by atoms with E-state index < -0.39 is 0 Å². The summed E-state index contributed by atoms with van der Waals surface area (Å²) in [6.07, 6.45) is 2.69. The van der Waals surface area contributed by atoms with Crippen LogP contribution in [-0.2, 0) is 11.3 Å². The van der Waals surface area contributed by atoms with Crippen molar-refractivity contribution in [2.75, 3.05) is 0 Å². The zero-order valence-electron chi connectivity index (χ0n) is 10.4. The summed E-state index contributed by atoms with van der Waals surface area (Å²) in [6.45, 7) is 8.78. The minimum Gasteiger partial charge on any atom is -0.367 e. The van der Waals surface area contributed by atoms with Gasteiger partial charge in [0.05, 0.1) is 23.8 Å². The summed E-state index contributed by atoms with van der Waals surface area (Å²) in [5, 5.41) is 4.37. The molecule has 1 atom stereocenters. The van der Waals surface area contributed by atoms with Gasteiger partial charge in [-0.3, -0.25) is 0 Å². The lowest BCUT2D eigenvalue weighted by Gasteiger charge is -2.26. The smallest absolute Gasteiger partial charge is 0.164 e. The summed E-state index contributed by atoms with van der Waals surface area (Å²) >= 11 is 0. The maximum absolute atomic E-state index is 6.03. The molecule has 1 aromatic heterocycles. The van der Waals surface area contributed by atoms with Gasteiger partial charge in [-0.25, -0.2) is 9.67 Å². The molecule has 1 fully saturated rings. The Balaban J connectivity index is 2.27. The van der Waals surface area contributed by atoms with Gasteiger partial charge in [0.15, 0.2) is 5.82 Å². The van der Waals surface area contributed by atoms with Crippen LogP contribution < -0.4 is 5.73 Å². The first-order chi connectivity index (χ1) is 7.34. The van der Waals surface area contributed by atoms with Gasteiger partial charge in [-0.2, -0.15) is 5.10 Å². The molecule has 1 unspecified atom stereocenters. The van der Waals surface area contributed by atoms with E-state index in [1.165, 1.54) is 0 Å². The fourth-order valence-electron chi connectivity index (χ4n) is 2.50. The largest absolute Gasteiger partial charge is 0.367 e. The minimum absolute atomic E-state index is 0.108. The van der Waals surface area contributed by atoms with Crippen LogP contribution in [0.5, 0.6) is 0 Å². The summed E-state index contributed by atoms with van der Waals surface area (Å²) < 4.78 is 7.91. The van der Waals surface area contributed by atoms with Crippen molar-refractivity contribution >= 4 is 0 Å². The van der Waals surface area contributed by atoms with E-state index in [1.807, 2.05) is 4.68 Å². The van der Waals surface area contributed by atoms with Gasteiger partial charge >= 0.3 is 0 Å². The number of nitrogens with zero attached hydrogens (tertiary/aromatic N) is 3. The van der Waals surface area contributed by atoms with Crippen molar-refractivity contribution in [3.8, 4) is 0 Å². The lowest BCUT2D eigenvalue weighted by Crippen LogP contribution is -2.31. The van der Waals surface area contributed by atoms with E-state index >= 15 is 0 Å². The molecule has 2 N–H and O–H groups in total. The first kappa shape index (κ1) is 11.5. The van der Waals surface area contributed by atoms with E-state index in [9.17, 15) is 0 Å². The Morgan fingerprint density at radius 3 is 2.62 bits per heavy atom. The number of ether oxygens (including phenoxy) is 1. The van der Waals surface area contributed by atoms with Gasteiger partial charge in [0.2, 0.25) is 0 Å². The highest BCUT2D eigenvalue weighted by molar-refractivity contribution is 4.98. The summed E-state index contributed by atoms with van der Waals surface area (Å²) in [5.74, 6) is 0.681. The molecule has 0 radical (unpaired) electrons. The van der Waals surface area contributed by atoms with E-state index in [4.69, 9.17) is 10.5 Å². The first-order valence-electron chi connectivity index (χ1n) is 5.64. The van der Waals surface area contributed by atoms with Gasteiger partial charge in [-0.1, -0.05) is 0 Å². The SMILES string of the molecule is CC1(C)CC(n2cnc(CN)n2)C(C)(C)O1. The van der Waals surface area contributed by atoms with Crippen molar-refractivity contribution in [2.24, 2.45) is 5.73 Å². The predicted octanol–water partition coefficient (Wildman–Crippen LogP) is 1.26. The molecule has 1 saturated heterocycles. The summed E-state index contributed by atoms with van der Waals surface area (Å²) in [4.78, 5) is 4.16. The Hall–Kier alpha value is -0.940. The zero-order chi connectivity index (χ0) is 12.0. The Morgan fingerprint density at radius 2 is 2.19 bits per heavy atom. The summed E-state index contributed by atoms with van der Waals surface area (Å²) in [7, 11) is 0. The molecule has 0 amide bonds. The standard InChI is InChI=1S/C11H20N4O/c1-10(2)5-8(11(3,4)16-10)15-7-13-9(6-12)14-15/h7-8H,5-6,12H2,1-4H3. The van der Waals surface area contributed by atoms with E-state index in [0.717, 1.165) is 6.42 Å². The molecule has 1 aliphatic rings. The van der Waals surface area contributed by atoms with Crippen LogP contribution in [0.15, 0.2) is 6.33 Å². The molecule has 5 nitrogen and oxygen atoms in total. The second-order valence-corrected chi connectivity index (χ2v) is 5.53. The van der Waals surface area contributed by atoms with Crippen LogP contribution in [0.25, 0.3) is 0 Å². The highest BCUT2D eigenvalue weighted by atomic mass is 16.5. The molecule has 16 heavy (non-hydrogen) atoms. The van der Waals surface area contributed by atoms with Gasteiger partial charge in [0, 0.05) is 6.42 Å².